The molecule has 2 saturated carbocycles. The zero-order valence-electron chi connectivity index (χ0n) is 20.5. The summed E-state index contributed by atoms with van der Waals surface area (Å²) in [6, 6.07) is 5.50. The van der Waals surface area contributed by atoms with E-state index in [0.717, 1.165) is 38.5 Å². The Morgan fingerprint density at radius 2 is 1.81 bits per heavy atom. The van der Waals surface area contributed by atoms with E-state index in [9.17, 15) is 22.8 Å². The Bertz CT molecular complexity index is 1200. The SMILES string of the molecule is CC1(C)CC(=O)c2c(C(F)(F)F)nn(-c3ccc(C(N)=O)c(N[C@H]4CCCC[C@@H]4NC4CC4)c3)c2C1. The Morgan fingerprint density at radius 1 is 1.11 bits per heavy atom. The molecule has 36 heavy (non-hydrogen) atoms. The summed E-state index contributed by atoms with van der Waals surface area (Å²) in [7, 11) is 0. The summed E-state index contributed by atoms with van der Waals surface area (Å²) in [5.74, 6) is -1.18. The monoisotopic (exact) mass is 503 g/mol. The molecule has 0 unspecified atom stereocenters. The van der Waals surface area contributed by atoms with Crippen molar-refractivity contribution in [3.05, 3.63) is 40.7 Å². The number of Topliss-reactive ketones (excluding diaryl/α,β-unsaturated/α-hetero) is 1. The highest BCUT2D eigenvalue weighted by atomic mass is 19.4. The molecule has 0 spiro atoms. The van der Waals surface area contributed by atoms with Crippen LogP contribution >= 0.6 is 0 Å². The molecular formula is C26H32F3N5O2. The van der Waals surface area contributed by atoms with E-state index in [1.54, 1.807) is 6.07 Å². The van der Waals surface area contributed by atoms with Crippen molar-refractivity contribution in [1.29, 1.82) is 0 Å². The van der Waals surface area contributed by atoms with Gasteiger partial charge in [-0.1, -0.05) is 26.7 Å². The van der Waals surface area contributed by atoms with Crippen LogP contribution < -0.4 is 16.4 Å². The summed E-state index contributed by atoms with van der Waals surface area (Å²) >= 11 is 0. The number of primary amides is 1. The van der Waals surface area contributed by atoms with Gasteiger partial charge >= 0.3 is 6.18 Å². The van der Waals surface area contributed by atoms with Crippen LogP contribution in [0.4, 0.5) is 18.9 Å². The second kappa shape index (κ2) is 8.90. The molecule has 2 fully saturated rings. The van der Waals surface area contributed by atoms with E-state index in [-0.39, 0.29) is 41.7 Å². The largest absolute Gasteiger partial charge is 0.435 e. The number of carbonyl (C=O) groups excluding carboxylic acids is 2. The summed E-state index contributed by atoms with van der Waals surface area (Å²) in [4.78, 5) is 25.0. The Kier molecular flexibility index (Phi) is 6.13. The van der Waals surface area contributed by atoms with Gasteiger partial charge in [0.15, 0.2) is 11.5 Å². The maximum atomic E-state index is 13.9. The van der Waals surface area contributed by atoms with Gasteiger partial charge in [0.05, 0.1) is 22.5 Å². The molecule has 7 nitrogen and oxygen atoms in total. The van der Waals surface area contributed by atoms with Crippen LogP contribution in [0.2, 0.25) is 0 Å². The van der Waals surface area contributed by atoms with E-state index in [4.69, 9.17) is 5.73 Å². The second-order valence-electron chi connectivity index (χ2n) is 11.2. The van der Waals surface area contributed by atoms with Crippen LogP contribution in [0.5, 0.6) is 0 Å². The molecule has 2 aromatic rings. The molecule has 5 rings (SSSR count). The fourth-order valence-electron chi connectivity index (χ4n) is 5.61. The van der Waals surface area contributed by atoms with Gasteiger partial charge in [0, 0.05) is 30.2 Å². The summed E-state index contributed by atoms with van der Waals surface area (Å²) in [6.45, 7) is 3.72. The molecule has 1 aromatic carbocycles. The van der Waals surface area contributed by atoms with E-state index in [1.165, 1.54) is 16.8 Å². The van der Waals surface area contributed by atoms with E-state index in [2.05, 4.69) is 15.7 Å². The highest BCUT2D eigenvalue weighted by Crippen LogP contribution is 2.42. The van der Waals surface area contributed by atoms with Crippen molar-refractivity contribution in [2.24, 2.45) is 11.1 Å². The van der Waals surface area contributed by atoms with Crippen molar-refractivity contribution in [1.82, 2.24) is 15.1 Å². The van der Waals surface area contributed by atoms with Crippen LogP contribution in [0, 0.1) is 5.41 Å². The van der Waals surface area contributed by atoms with Crippen LogP contribution in [-0.4, -0.2) is 39.6 Å². The summed E-state index contributed by atoms with van der Waals surface area (Å²) in [6.07, 6.45) is 1.94. The van der Waals surface area contributed by atoms with Crippen LogP contribution in [0.3, 0.4) is 0 Å². The normalized spacial score (nSPS) is 23.9. The van der Waals surface area contributed by atoms with E-state index < -0.39 is 29.0 Å². The summed E-state index contributed by atoms with van der Waals surface area (Å²) < 4.78 is 42.8. The highest BCUT2D eigenvalue weighted by molar-refractivity contribution is 6.00. The van der Waals surface area contributed by atoms with Crippen LogP contribution in [-0.2, 0) is 12.6 Å². The predicted octanol–water partition coefficient (Wildman–Crippen LogP) is 4.62. The van der Waals surface area contributed by atoms with Crippen molar-refractivity contribution in [3.8, 4) is 5.69 Å². The third-order valence-corrected chi connectivity index (χ3v) is 7.46. The lowest BCUT2D eigenvalue weighted by Gasteiger charge is -2.34. The molecule has 10 heteroatoms. The van der Waals surface area contributed by atoms with Crippen LogP contribution in [0.25, 0.3) is 5.69 Å². The molecule has 0 aliphatic heterocycles. The van der Waals surface area contributed by atoms with Gasteiger partial charge in [0.1, 0.15) is 0 Å². The third-order valence-electron chi connectivity index (χ3n) is 7.46. The molecule has 194 valence electrons. The fraction of sp³-hybridized carbons (Fsp3) is 0.577. The fourth-order valence-corrected chi connectivity index (χ4v) is 5.61. The number of amides is 1. The molecular weight excluding hydrogens is 471 g/mol. The Hall–Kier alpha value is -2.88. The molecule has 3 aliphatic rings. The van der Waals surface area contributed by atoms with Crippen molar-refractivity contribution in [2.45, 2.75) is 89.5 Å². The van der Waals surface area contributed by atoms with Gasteiger partial charge in [-0.3, -0.25) is 9.59 Å². The lowest BCUT2D eigenvalue weighted by Crippen LogP contribution is -2.47. The minimum atomic E-state index is -4.76. The first-order valence-electron chi connectivity index (χ1n) is 12.6. The lowest BCUT2D eigenvalue weighted by molar-refractivity contribution is -0.141. The lowest BCUT2D eigenvalue weighted by atomic mass is 9.75. The molecule has 1 heterocycles. The number of aromatic nitrogens is 2. The Morgan fingerprint density at radius 3 is 2.44 bits per heavy atom. The topological polar surface area (TPSA) is 102 Å². The van der Waals surface area contributed by atoms with E-state index in [1.807, 2.05) is 13.8 Å². The molecule has 3 aliphatic carbocycles. The zero-order valence-corrected chi connectivity index (χ0v) is 20.5. The number of hydrogen-bond donors (Lipinski definition) is 3. The van der Waals surface area contributed by atoms with Gasteiger partial charge in [-0.15, -0.1) is 0 Å². The first kappa shape index (κ1) is 24.8. The van der Waals surface area contributed by atoms with E-state index in [0.29, 0.717) is 17.4 Å². The number of fused-ring (bicyclic) bond motifs is 1. The van der Waals surface area contributed by atoms with Gasteiger partial charge in [0.25, 0.3) is 5.91 Å². The number of anilines is 1. The first-order valence-corrected chi connectivity index (χ1v) is 12.6. The van der Waals surface area contributed by atoms with Crippen molar-refractivity contribution < 1.29 is 22.8 Å². The number of nitrogens with one attached hydrogen (secondary N) is 2. The smallest absolute Gasteiger partial charge is 0.380 e. The number of alkyl halides is 3. The van der Waals surface area contributed by atoms with Gasteiger partial charge < -0.3 is 16.4 Å². The van der Waals surface area contributed by atoms with Gasteiger partial charge in [-0.05, 0) is 55.7 Å². The van der Waals surface area contributed by atoms with Crippen LogP contribution in [0.1, 0.15) is 90.9 Å². The molecule has 2 atom stereocenters. The van der Waals surface area contributed by atoms with Crippen LogP contribution in [0.15, 0.2) is 18.2 Å². The molecule has 0 saturated heterocycles. The number of halogens is 3. The van der Waals surface area contributed by atoms with Crippen molar-refractivity contribution in [2.75, 3.05) is 5.32 Å². The number of nitrogens with zero attached hydrogens (tertiary/aromatic N) is 2. The number of benzene rings is 1. The molecule has 0 bridgehead atoms. The molecule has 4 N–H and O–H groups in total. The minimum absolute atomic E-state index is 0.0270. The Labute approximate surface area is 208 Å². The number of carbonyl (C=O) groups is 2. The first-order chi connectivity index (χ1) is 16.9. The summed E-state index contributed by atoms with van der Waals surface area (Å²) in [5.41, 5.74) is 4.97. The number of ketones is 1. The number of nitrogens with two attached hydrogens (primary N) is 1. The van der Waals surface area contributed by atoms with Gasteiger partial charge in [-0.2, -0.15) is 18.3 Å². The van der Waals surface area contributed by atoms with Gasteiger partial charge in [0.2, 0.25) is 0 Å². The average Bonchev–Trinajstić information content (AvgIpc) is 3.50. The average molecular weight is 504 g/mol. The molecule has 1 aromatic heterocycles. The van der Waals surface area contributed by atoms with Crippen molar-refractivity contribution >= 4 is 17.4 Å². The molecule has 1 amide bonds. The minimum Gasteiger partial charge on any atom is -0.380 e. The maximum Gasteiger partial charge on any atom is 0.435 e. The third kappa shape index (κ3) is 4.87. The highest BCUT2D eigenvalue weighted by Gasteiger charge is 2.45. The van der Waals surface area contributed by atoms with E-state index >= 15 is 0 Å². The predicted molar refractivity (Wildman–Crippen MR) is 129 cm³/mol. The quantitative estimate of drug-likeness (QED) is 0.534. The zero-order chi connectivity index (χ0) is 25.8. The summed E-state index contributed by atoms with van der Waals surface area (Å²) in [5, 5.41) is 11.0. The van der Waals surface area contributed by atoms with Crippen molar-refractivity contribution in [3.63, 3.8) is 0 Å². The number of rotatable bonds is 6. The van der Waals surface area contributed by atoms with Gasteiger partial charge in [-0.25, -0.2) is 4.68 Å². The number of hydrogen-bond acceptors (Lipinski definition) is 5. The Balaban J connectivity index is 1.56. The standard InChI is InChI=1S/C26H32F3N5O2/c1-25(2)12-20-22(21(35)13-25)23(26(27,28)29)33-34(20)15-9-10-16(24(30)36)19(11-15)32-18-6-4-3-5-17(18)31-14-7-8-14/h9-11,14,17-18,31-32H,3-8,12-13H2,1-2H3,(H2,30,36)/t17-,18-/m0/s1. The second-order valence-corrected chi connectivity index (χ2v) is 11.2. The molecule has 0 radical (unpaired) electrons. The maximum absolute atomic E-state index is 13.9.